The molecule has 2 saturated carbocycles. The Bertz CT molecular complexity index is 568. The normalized spacial score (nSPS) is 24.6. The Kier molecular flexibility index (Phi) is 2.35. The maximum atomic E-state index is 11.6. The van der Waals surface area contributed by atoms with Gasteiger partial charge in [-0.05, 0) is 43.4 Å². The Morgan fingerprint density at radius 1 is 1.00 bits per heavy atom. The van der Waals surface area contributed by atoms with Crippen LogP contribution in [0.5, 0.6) is 11.5 Å². The molecule has 20 heavy (non-hydrogen) atoms. The van der Waals surface area contributed by atoms with Crippen LogP contribution in [-0.2, 0) is 10.2 Å². The predicted octanol–water partition coefficient (Wildman–Crippen LogP) is 3.23. The lowest BCUT2D eigenvalue weighted by Crippen LogP contribution is -2.42. The molecule has 0 amide bonds. The van der Waals surface area contributed by atoms with Crippen LogP contribution in [0.15, 0.2) is 18.2 Å². The highest BCUT2D eigenvalue weighted by Crippen LogP contribution is 2.50. The van der Waals surface area contributed by atoms with Crippen LogP contribution in [-0.4, -0.2) is 16.9 Å². The molecule has 3 aliphatic rings. The number of hydrogen-bond acceptors (Lipinski definition) is 3. The van der Waals surface area contributed by atoms with Crippen LogP contribution in [0.3, 0.4) is 0 Å². The lowest BCUT2D eigenvalue weighted by atomic mass is 9.64. The summed E-state index contributed by atoms with van der Waals surface area (Å²) in [7, 11) is 0. The second kappa shape index (κ2) is 3.90. The van der Waals surface area contributed by atoms with Crippen molar-refractivity contribution in [3.63, 3.8) is 0 Å². The van der Waals surface area contributed by atoms with Crippen LogP contribution in [0.4, 0.5) is 0 Å². The van der Waals surface area contributed by atoms with Crippen molar-refractivity contribution in [2.75, 3.05) is 0 Å². The number of ether oxygens (including phenoxy) is 2. The summed E-state index contributed by atoms with van der Waals surface area (Å²) in [6, 6.07) is 5.65. The average Bonchev–Trinajstić information content (AvgIpc) is 2.93. The Balaban J connectivity index is 1.69. The van der Waals surface area contributed by atoms with E-state index in [0.717, 1.165) is 49.2 Å². The molecule has 0 bridgehead atoms. The van der Waals surface area contributed by atoms with Gasteiger partial charge in [-0.1, -0.05) is 12.5 Å². The maximum Gasteiger partial charge on any atom is 0.314 e. The smallest absolute Gasteiger partial charge is 0.314 e. The summed E-state index contributed by atoms with van der Waals surface area (Å²) in [6.07, 6.45) is 6.49. The molecule has 2 fully saturated rings. The van der Waals surface area contributed by atoms with Crippen molar-refractivity contribution in [1.82, 2.24) is 0 Å². The molecule has 1 heterocycles. The van der Waals surface area contributed by atoms with Gasteiger partial charge in [0.2, 0.25) is 0 Å². The van der Waals surface area contributed by atoms with E-state index in [0.29, 0.717) is 12.8 Å². The number of benzene rings is 1. The van der Waals surface area contributed by atoms with Gasteiger partial charge in [-0.3, -0.25) is 4.79 Å². The molecule has 0 aromatic heterocycles. The van der Waals surface area contributed by atoms with Crippen LogP contribution in [0.25, 0.3) is 0 Å². The molecule has 0 atom stereocenters. The predicted molar refractivity (Wildman–Crippen MR) is 72.1 cm³/mol. The van der Waals surface area contributed by atoms with Gasteiger partial charge in [0.25, 0.3) is 5.79 Å². The first-order chi connectivity index (χ1) is 9.64. The molecule has 0 radical (unpaired) electrons. The number of hydrogen-bond donors (Lipinski definition) is 1. The lowest BCUT2D eigenvalue weighted by Gasteiger charge is -2.38. The van der Waals surface area contributed by atoms with Gasteiger partial charge in [0.15, 0.2) is 11.5 Å². The molecular weight excluding hydrogens is 256 g/mol. The zero-order valence-corrected chi connectivity index (χ0v) is 11.4. The summed E-state index contributed by atoms with van der Waals surface area (Å²) in [5.41, 5.74) is 0.151. The third-order valence-corrected chi connectivity index (χ3v) is 5.07. The molecule has 1 aromatic carbocycles. The summed E-state index contributed by atoms with van der Waals surface area (Å²) in [6.45, 7) is 0. The fraction of sp³-hybridized carbons (Fsp3) is 0.562. The summed E-state index contributed by atoms with van der Waals surface area (Å²) in [4.78, 5) is 11.6. The molecule has 1 aromatic rings. The topological polar surface area (TPSA) is 55.8 Å². The first-order valence-electron chi connectivity index (χ1n) is 7.40. The van der Waals surface area contributed by atoms with E-state index in [9.17, 15) is 9.90 Å². The summed E-state index contributed by atoms with van der Waals surface area (Å²) >= 11 is 0. The minimum atomic E-state index is -0.724. The van der Waals surface area contributed by atoms with Crippen molar-refractivity contribution < 1.29 is 19.4 Å². The molecule has 2 aliphatic carbocycles. The number of carbonyl (C=O) groups is 1. The molecule has 1 spiro atoms. The second-order valence-electron chi connectivity index (χ2n) is 6.22. The standard InChI is InChI=1S/C16H18O4/c17-14(18)15(6-3-7-15)11-4-5-12-13(10-11)20-16(19-12)8-1-2-9-16/h4-5,10H,1-3,6-9H2,(H,17,18). The van der Waals surface area contributed by atoms with Crippen molar-refractivity contribution in [3.05, 3.63) is 23.8 Å². The van der Waals surface area contributed by atoms with E-state index in [2.05, 4.69) is 0 Å². The summed E-state index contributed by atoms with van der Waals surface area (Å²) in [5.74, 6) is 0.280. The van der Waals surface area contributed by atoms with Crippen molar-refractivity contribution in [3.8, 4) is 11.5 Å². The number of rotatable bonds is 2. The fourth-order valence-electron chi connectivity index (χ4n) is 3.67. The third-order valence-electron chi connectivity index (χ3n) is 5.07. The molecule has 1 aliphatic heterocycles. The van der Waals surface area contributed by atoms with Crippen LogP contribution in [0.1, 0.15) is 50.5 Å². The van der Waals surface area contributed by atoms with Gasteiger partial charge < -0.3 is 14.6 Å². The molecule has 4 heteroatoms. The molecule has 0 saturated heterocycles. The molecular formula is C16H18O4. The minimum absolute atomic E-state index is 0.475. The molecule has 0 unspecified atom stereocenters. The monoisotopic (exact) mass is 274 g/mol. The summed E-state index contributed by atoms with van der Waals surface area (Å²) in [5, 5.41) is 9.52. The maximum absolute atomic E-state index is 11.6. The zero-order chi connectivity index (χ0) is 13.8. The summed E-state index contributed by atoms with van der Waals surface area (Å²) < 4.78 is 12.0. The fourth-order valence-corrected chi connectivity index (χ4v) is 3.67. The first kappa shape index (κ1) is 12.1. The van der Waals surface area contributed by atoms with Crippen LogP contribution in [0, 0.1) is 0 Å². The quantitative estimate of drug-likeness (QED) is 0.899. The zero-order valence-electron chi connectivity index (χ0n) is 11.4. The number of carboxylic acids is 1. The van der Waals surface area contributed by atoms with Gasteiger partial charge in [-0.2, -0.15) is 0 Å². The van der Waals surface area contributed by atoms with Crippen molar-refractivity contribution in [1.29, 1.82) is 0 Å². The largest absolute Gasteiger partial charge is 0.481 e. The SMILES string of the molecule is O=C(O)C1(c2ccc3c(c2)OC2(CCCC2)O3)CCC1. The minimum Gasteiger partial charge on any atom is -0.481 e. The van der Waals surface area contributed by atoms with E-state index in [1.165, 1.54) is 0 Å². The lowest BCUT2D eigenvalue weighted by molar-refractivity contribution is -0.147. The van der Waals surface area contributed by atoms with E-state index >= 15 is 0 Å². The van der Waals surface area contributed by atoms with Crippen molar-refractivity contribution in [2.45, 2.75) is 56.1 Å². The Morgan fingerprint density at radius 3 is 2.30 bits per heavy atom. The van der Waals surface area contributed by atoms with E-state index in [4.69, 9.17) is 9.47 Å². The number of aliphatic carboxylic acids is 1. The van der Waals surface area contributed by atoms with E-state index < -0.39 is 17.2 Å². The van der Waals surface area contributed by atoms with Gasteiger partial charge in [0.05, 0.1) is 5.41 Å². The van der Waals surface area contributed by atoms with E-state index in [1.807, 2.05) is 18.2 Å². The number of fused-ring (bicyclic) bond motifs is 1. The highest BCUT2D eigenvalue weighted by Gasteiger charge is 2.48. The molecule has 106 valence electrons. The van der Waals surface area contributed by atoms with Crippen LogP contribution < -0.4 is 9.47 Å². The van der Waals surface area contributed by atoms with E-state index in [1.54, 1.807) is 0 Å². The van der Waals surface area contributed by atoms with Crippen molar-refractivity contribution in [2.24, 2.45) is 0 Å². The average molecular weight is 274 g/mol. The Labute approximate surface area is 117 Å². The van der Waals surface area contributed by atoms with Gasteiger partial charge in [0.1, 0.15) is 0 Å². The first-order valence-corrected chi connectivity index (χ1v) is 7.40. The third kappa shape index (κ3) is 1.51. The van der Waals surface area contributed by atoms with Gasteiger partial charge in [0, 0.05) is 12.8 Å². The Morgan fingerprint density at radius 2 is 1.70 bits per heavy atom. The van der Waals surface area contributed by atoms with Gasteiger partial charge in [-0.15, -0.1) is 0 Å². The Hall–Kier alpha value is -1.71. The van der Waals surface area contributed by atoms with Crippen LogP contribution in [0.2, 0.25) is 0 Å². The van der Waals surface area contributed by atoms with Crippen molar-refractivity contribution >= 4 is 5.97 Å². The highest BCUT2D eigenvalue weighted by atomic mass is 16.7. The molecule has 4 rings (SSSR count). The molecule has 4 nitrogen and oxygen atoms in total. The van der Waals surface area contributed by atoms with Gasteiger partial charge >= 0.3 is 5.97 Å². The van der Waals surface area contributed by atoms with Crippen LogP contribution >= 0.6 is 0 Å². The van der Waals surface area contributed by atoms with Gasteiger partial charge in [-0.25, -0.2) is 0 Å². The van der Waals surface area contributed by atoms with E-state index in [-0.39, 0.29) is 0 Å². The highest BCUT2D eigenvalue weighted by molar-refractivity contribution is 5.83. The second-order valence-corrected chi connectivity index (χ2v) is 6.22. The molecule has 1 N–H and O–H groups in total. The number of carboxylic acid groups (broad SMARTS) is 1.